The van der Waals surface area contributed by atoms with Crippen LogP contribution in [0, 0.1) is 17.6 Å². The standard InChI is InChI=1S/C18H27F2N3O2.ClH/c1-12(2)10-18(3,11-21)23-16(24)5-4-8-22-17(25)14-7-6-13(19)9-15(14)20;/h6-7,9,12H,4-5,8,10-11,21H2,1-3H3,(H,22,25)(H,23,24);1H. The first-order valence-electron chi connectivity index (χ1n) is 8.41. The van der Waals surface area contributed by atoms with Gasteiger partial charge in [-0.05, 0) is 37.8 Å². The Morgan fingerprint density at radius 2 is 1.92 bits per heavy atom. The number of rotatable bonds is 9. The lowest BCUT2D eigenvalue weighted by atomic mass is 9.90. The predicted molar refractivity (Wildman–Crippen MR) is 100 cm³/mol. The van der Waals surface area contributed by atoms with Gasteiger partial charge in [-0.25, -0.2) is 8.78 Å². The number of halogens is 3. The van der Waals surface area contributed by atoms with Gasteiger partial charge in [0.15, 0.2) is 0 Å². The van der Waals surface area contributed by atoms with Crippen LogP contribution in [-0.4, -0.2) is 30.4 Å². The van der Waals surface area contributed by atoms with Crippen LogP contribution in [0.3, 0.4) is 0 Å². The van der Waals surface area contributed by atoms with Gasteiger partial charge in [0.25, 0.3) is 5.91 Å². The lowest BCUT2D eigenvalue weighted by Crippen LogP contribution is -2.52. The van der Waals surface area contributed by atoms with Crippen molar-refractivity contribution in [2.24, 2.45) is 11.7 Å². The molecular weight excluding hydrogens is 364 g/mol. The Morgan fingerprint density at radius 3 is 2.46 bits per heavy atom. The lowest BCUT2D eigenvalue weighted by molar-refractivity contribution is -0.123. The maximum absolute atomic E-state index is 13.5. The monoisotopic (exact) mass is 391 g/mol. The summed E-state index contributed by atoms with van der Waals surface area (Å²) in [5.74, 6) is -2.03. The van der Waals surface area contributed by atoms with Gasteiger partial charge in [-0.3, -0.25) is 9.59 Å². The number of nitrogens with one attached hydrogen (secondary N) is 2. The Morgan fingerprint density at radius 1 is 1.27 bits per heavy atom. The van der Waals surface area contributed by atoms with E-state index < -0.39 is 23.1 Å². The summed E-state index contributed by atoms with van der Waals surface area (Å²) < 4.78 is 26.3. The summed E-state index contributed by atoms with van der Waals surface area (Å²) in [7, 11) is 0. The molecule has 148 valence electrons. The van der Waals surface area contributed by atoms with Crippen molar-refractivity contribution in [3.8, 4) is 0 Å². The van der Waals surface area contributed by atoms with Crippen molar-refractivity contribution in [1.29, 1.82) is 0 Å². The Kier molecular flexibility index (Phi) is 10.3. The topological polar surface area (TPSA) is 84.2 Å². The van der Waals surface area contributed by atoms with Crippen molar-refractivity contribution in [2.75, 3.05) is 13.1 Å². The number of amides is 2. The first kappa shape index (κ1) is 24.3. The highest BCUT2D eigenvalue weighted by molar-refractivity contribution is 5.94. The lowest BCUT2D eigenvalue weighted by Gasteiger charge is -2.31. The van der Waals surface area contributed by atoms with Gasteiger partial charge in [0, 0.05) is 31.1 Å². The molecule has 26 heavy (non-hydrogen) atoms. The summed E-state index contributed by atoms with van der Waals surface area (Å²) in [5.41, 5.74) is 5.08. The van der Waals surface area contributed by atoms with Crippen molar-refractivity contribution in [1.82, 2.24) is 10.6 Å². The molecule has 0 aliphatic rings. The minimum atomic E-state index is -0.914. The molecule has 0 bridgehead atoms. The van der Waals surface area contributed by atoms with Crippen molar-refractivity contribution in [3.05, 3.63) is 35.4 Å². The Balaban J connectivity index is 0.00000625. The van der Waals surface area contributed by atoms with E-state index in [-0.39, 0.29) is 36.8 Å². The van der Waals surface area contributed by atoms with Crippen molar-refractivity contribution in [2.45, 2.75) is 45.6 Å². The molecule has 0 aromatic heterocycles. The third kappa shape index (κ3) is 8.10. The first-order valence-corrected chi connectivity index (χ1v) is 8.41. The first-order chi connectivity index (χ1) is 11.7. The fourth-order valence-electron chi connectivity index (χ4n) is 2.71. The number of benzene rings is 1. The zero-order valence-electron chi connectivity index (χ0n) is 15.4. The molecule has 0 fully saturated rings. The van der Waals surface area contributed by atoms with E-state index in [4.69, 9.17) is 5.73 Å². The van der Waals surface area contributed by atoms with Gasteiger partial charge in [0.05, 0.1) is 5.56 Å². The maximum atomic E-state index is 13.5. The number of carbonyl (C=O) groups is 2. The van der Waals surface area contributed by atoms with Gasteiger partial charge >= 0.3 is 0 Å². The molecule has 8 heteroatoms. The predicted octanol–water partition coefficient (Wildman–Crippen LogP) is 2.78. The average Bonchev–Trinajstić information content (AvgIpc) is 2.50. The van der Waals surface area contributed by atoms with E-state index in [1.807, 2.05) is 6.92 Å². The van der Waals surface area contributed by atoms with Gasteiger partial charge in [-0.15, -0.1) is 12.4 Å². The second-order valence-electron chi connectivity index (χ2n) is 6.89. The van der Waals surface area contributed by atoms with Gasteiger partial charge in [0.1, 0.15) is 11.6 Å². The number of hydrogen-bond acceptors (Lipinski definition) is 3. The highest BCUT2D eigenvalue weighted by Gasteiger charge is 2.25. The minimum Gasteiger partial charge on any atom is -0.352 e. The Labute approximate surface area is 159 Å². The van der Waals surface area contributed by atoms with Gasteiger partial charge in [0.2, 0.25) is 5.91 Å². The molecule has 0 heterocycles. The van der Waals surface area contributed by atoms with Crippen LogP contribution in [0.4, 0.5) is 8.78 Å². The molecule has 0 aliphatic carbocycles. The van der Waals surface area contributed by atoms with E-state index in [0.717, 1.165) is 18.6 Å². The number of nitrogens with two attached hydrogens (primary N) is 1. The smallest absolute Gasteiger partial charge is 0.254 e. The summed E-state index contributed by atoms with van der Waals surface area (Å²) >= 11 is 0. The fraction of sp³-hybridized carbons (Fsp3) is 0.556. The second-order valence-corrected chi connectivity index (χ2v) is 6.89. The average molecular weight is 392 g/mol. The van der Waals surface area contributed by atoms with E-state index in [1.54, 1.807) is 0 Å². The summed E-state index contributed by atoms with van der Waals surface area (Å²) in [6, 6.07) is 2.77. The fourth-order valence-corrected chi connectivity index (χ4v) is 2.71. The Hall–Kier alpha value is -1.73. The molecular formula is C18H28ClF2N3O2. The van der Waals surface area contributed by atoms with Gasteiger partial charge < -0.3 is 16.4 Å². The highest BCUT2D eigenvalue weighted by atomic mass is 35.5. The summed E-state index contributed by atoms with van der Waals surface area (Å²) in [6.45, 7) is 6.59. The molecule has 1 aromatic rings. The second kappa shape index (κ2) is 11.1. The highest BCUT2D eigenvalue weighted by Crippen LogP contribution is 2.15. The Bertz CT molecular complexity index is 614. The van der Waals surface area contributed by atoms with E-state index in [2.05, 4.69) is 24.5 Å². The molecule has 5 nitrogen and oxygen atoms in total. The molecule has 0 aliphatic heterocycles. The van der Waals surface area contributed by atoms with Crippen LogP contribution in [0.25, 0.3) is 0 Å². The molecule has 2 amide bonds. The maximum Gasteiger partial charge on any atom is 0.254 e. The summed E-state index contributed by atoms with van der Waals surface area (Å²) in [4.78, 5) is 23.9. The zero-order valence-corrected chi connectivity index (χ0v) is 16.2. The van der Waals surface area contributed by atoms with Crippen LogP contribution in [0.5, 0.6) is 0 Å². The van der Waals surface area contributed by atoms with E-state index in [0.29, 0.717) is 24.9 Å². The molecule has 1 atom stereocenters. The van der Waals surface area contributed by atoms with Crippen LogP contribution in [-0.2, 0) is 4.79 Å². The third-order valence-electron chi connectivity index (χ3n) is 3.79. The van der Waals surface area contributed by atoms with Crippen LogP contribution >= 0.6 is 12.4 Å². The molecule has 0 spiro atoms. The van der Waals surface area contributed by atoms with Crippen LogP contribution in [0.1, 0.15) is 50.4 Å². The molecule has 4 N–H and O–H groups in total. The van der Waals surface area contributed by atoms with Crippen LogP contribution in [0.2, 0.25) is 0 Å². The van der Waals surface area contributed by atoms with E-state index in [1.165, 1.54) is 0 Å². The molecule has 1 rings (SSSR count). The van der Waals surface area contributed by atoms with Crippen LogP contribution < -0.4 is 16.4 Å². The van der Waals surface area contributed by atoms with Crippen molar-refractivity contribution >= 4 is 24.2 Å². The molecule has 1 aromatic carbocycles. The third-order valence-corrected chi connectivity index (χ3v) is 3.79. The summed E-state index contributed by atoms with van der Waals surface area (Å²) in [6.07, 6.45) is 1.40. The minimum absolute atomic E-state index is 0. The SMILES string of the molecule is CC(C)CC(C)(CN)NC(=O)CCCNC(=O)c1ccc(F)cc1F.Cl. The molecule has 1 unspecified atom stereocenters. The van der Waals surface area contributed by atoms with Crippen molar-refractivity contribution in [3.63, 3.8) is 0 Å². The van der Waals surface area contributed by atoms with Gasteiger partial charge in [-0.2, -0.15) is 0 Å². The number of hydrogen-bond donors (Lipinski definition) is 3. The summed E-state index contributed by atoms with van der Waals surface area (Å²) in [5, 5.41) is 5.45. The quantitative estimate of drug-likeness (QED) is 0.566. The van der Waals surface area contributed by atoms with E-state index in [9.17, 15) is 18.4 Å². The van der Waals surface area contributed by atoms with E-state index >= 15 is 0 Å². The zero-order chi connectivity index (χ0) is 19.0. The normalized spacial score (nSPS) is 12.9. The molecule has 0 radical (unpaired) electrons. The number of carbonyl (C=O) groups excluding carboxylic acids is 2. The molecule has 0 saturated carbocycles. The van der Waals surface area contributed by atoms with Gasteiger partial charge in [-0.1, -0.05) is 13.8 Å². The van der Waals surface area contributed by atoms with Crippen molar-refractivity contribution < 1.29 is 18.4 Å². The molecule has 0 saturated heterocycles. The van der Waals surface area contributed by atoms with Crippen LogP contribution in [0.15, 0.2) is 18.2 Å². The largest absolute Gasteiger partial charge is 0.352 e.